The zero-order valence-corrected chi connectivity index (χ0v) is 16.7. The topological polar surface area (TPSA) is 87.5 Å². The summed E-state index contributed by atoms with van der Waals surface area (Å²) in [6.07, 6.45) is 1.12. The molecule has 1 aliphatic heterocycles. The van der Waals surface area contributed by atoms with Crippen LogP contribution in [0.4, 0.5) is 4.79 Å². The molecule has 1 atom stereocenters. The van der Waals surface area contributed by atoms with E-state index in [1.165, 1.54) is 11.1 Å². The highest BCUT2D eigenvalue weighted by molar-refractivity contribution is 5.85. The van der Waals surface area contributed by atoms with E-state index in [0.29, 0.717) is 26.2 Å². The first-order valence-corrected chi connectivity index (χ1v) is 8.96. The third-order valence-electron chi connectivity index (χ3n) is 5.17. The molecule has 0 bridgehead atoms. The van der Waals surface area contributed by atoms with Crippen LogP contribution < -0.4 is 16.4 Å². The standard InChI is InChI=1S/C19H30N4O2.ClH/c1-14(2)19(3,13-20)22-17(24)8-10-21-18(25)23-11-9-15-6-4-5-7-16(15)12-23;/h4-7,14H,8-13,20H2,1-3H3,(H,21,25)(H,22,24);1H. The molecule has 0 saturated carbocycles. The Morgan fingerprint density at radius 1 is 1.27 bits per heavy atom. The highest BCUT2D eigenvalue weighted by Crippen LogP contribution is 2.18. The van der Waals surface area contributed by atoms with Crippen molar-refractivity contribution in [2.24, 2.45) is 11.7 Å². The lowest BCUT2D eigenvalue weighted by molar-refractivity contribution is -0.123. The summed E-state index contributed by atoms with van der Waals surface area (Å²) in [7, 11) is 0. The smallest absolute Gasteiger partial charge is 0.317 e. The van der Waals surface area contributed by atoms with E-state index in [-0.39, 0.29) is 36.7 Å². The lowest BCUT2D eigenvalue weighted by atomic mass is 9.88. The second-order valence-electron chi connectivity index (χ2n) is 7.25. The molecule has 1 aromatic rings. The Labute approximate surface area is 162 Å². The van der Waals surface area contributed by atoms with Crippen LogP contribution in [-0.2, 0) is 17.8 Å². The van der Waals surface area contributed by atoms with Gasteiger partial charge in [-0.3, -0.25) is 4.79 Å². The molecule has 0 spiro atoms. The van der Waals surface area contributed by atoms with Crippen LogP contribution in [0.2, 0.25) is 0 Å². The zero-order valence-electron chi connectivity index (χ0n) is 15.9. The molecule has 26 heavy (non-hydrogen) atoms. The van der Waals surface area contributed by atoms with E-state index < -0.39 is 5.54 Å². The van der Waals surface area contributed by atoms with Gasteiger partial charge in [-0.15, -0.1) is 12.4 Å². The largest absolute Gasteiger partial charge is 0.349 e. The lowest BCUT2D eigenvalue weighted by Crippen LogP contribution is -2.55. The average Bonchev–Trinajstić information content (AvgIpc) is 2.60. The van der Waals surface area contributed by atoms with Crippen molar-refractivity contribution >= 4 is 24.3 Å². The monoisotopic (exact) mass is 382 g/mol. The Morgan fingerprint density at radius 3 is 2.54 bits per heavy atom. The number of halogens is 1. The van der Waals surface area contributed by atoms with Crippen molar-refractivity contribution in [3.05, 3.63) is 35.4 Å². The molecule has 146 valence electrons. The van der Waals surface area contributed by atoms with E-state index in [1.54, 1.807) is 4.90 Å². The fraction of sp³-hybridized carbons (Fsp3) is 0.579. The van der Waals surface area contributed by atoms with Crippen molar-refractivity contribution in [2.75, 3.05) is 19.6 Å². The van der Waals surface area contributed by atoms with Gasteiger partial charge < -0.3 is 21.3 Å². The van der Waals surface area contributed by atoms with Crippen LogP contribution in [0.5, 0.6) is 0 Å². The number of carbonyl (C=O) groups is 2. The number of nitrogens with zero attached hydrogens (tertiary/aromatic N) is 1. The van der Waals surface area contributed by atoms with E-state index >= 15 is 0 Å². The molecule has 0 saturated heterocycles. The third-order valence-corrected chi connectivity index (χ3v) is 5.17. The van der Waals surface area contributed by atoms with E-state index in [0.717, 1.165) is 6.42 Å². The molecule has 7 heteroatoms. The van der Waals surface area contributed by atoms with Gasteiger partial charge in [0, 0.05) is 32.6 Å². The van der Waals surface area contributed by atoms with Crippen LogP contribution in [0.1, 0.15) is 38.3 Å². The molecular formula is C19H31ClN4O2. The summed E-state index contributed by atoms with van der Waals surface area (Å²) >= 11 is 0. The summed E-state index contributed by atoms with van der Waals surface area (Å²) in [5, 5.41) is 5.82. The predicted octanol–water partition coefficient (Wildman–Crippen LogP) is 2.06. The Kier molecular flexibility index (Phi) is 8.37. The van der Waals surface area contributed by atoms with Crippen molar-refractivity contribution in [2.45, 2.75) is 45.7 Å². The number of amides is 3. The maximum absolute atomic E-state index is 12.3. The van der Waals surface area contributed by atoms with Gasteiger partial charge in [-0.1, -0.05) is 38.1 Å². The summed E-state index contributed by atoms with van der Waals surface area (Å²) in [6.45, 7) is 8.03. The third kappa shape index (κ3) is 5.61. The maximum Gasteiger partial charge on any atom is 0.317 e. The van der Waals surface area contributed by atoms with Gasteiger partial charge in [0.05, 0.1) is 5.54 Å². The SMILES string of the molecule is CC(C)C(C)(CN)NC(=O)CCNC(=O)N1CCc2ccccc2C1.Cl. The van der Waals surface area contributed by atoms with Crippen molar-refractivity contribution in [3.63, 3.8) is 0 Å². The number of fused-ring (bicyclic) bond motifs is 1. The van der Waals surface area contributed by atoms with Crippen LogP contribution in [0.15, 0.2) is 24.3 Å². The van der Waals surface area contributed by atoms with Crippen molar-refractivity contribution in [3.8, 4) is 0 Å². The number of nitrogens with two attached hydrogens (primary N) is 1. The fourth-order valence-corrected chi connectivity index (χ4v) is 2.88. The molecule has 0 fully saturated rings. The second-order valence-corrected chi connectivity index (χ2v) is 7.25. The van der Waals surface area contributed by atoms with E-state index in [9.17, 15) is 9.59 Å². The normalized spacial score (nSPS) is 15.5. The van der Waals surface area contributed by atoms with Gasteiger partial charge in [0.15, 0.2) is 0 Å². The first-order chi connectivity index (χ1) is 11.9. The van der Waals surface area contributed by atoms with Gasteiger partial charge in [0.1, 0.15) is 0 Å². The molecule has 1 aromatic carbocycles. The van der Waals surface area contributed by atoms with Crippen molar-refractivity contribution in [1.29, 1.82) is 0 Å². The summed E-state index contributed by atoms with van der Waals surface area (Å²) in [4.78, 5) is 26.2. The second kappa shape index (κ2) is 9.78. The molecule has 0 aromatic heterocycles. The fourth-order valence-electron chi connectivity index (χ4n) is 2.88. The Hall–Kier alpha value is -1.79. The Balaban J connectivity index is 0.00000338. The highest BCUT2D eigenvalue weighted by atomic mass is 35.5. The minimum absolute atomic E-state index is 0. The highest BCUT2D eigenvalue weighted by Gasteiger charge is 2.28. The summed E-state index contributed by atoms with van der Waals surface area (Å²) in [5.41, 5.74) is 7.86. The Bertz CT molecular complexity index is 623. The predicted molar refractivity (Wildman–Crippen MR) is 106 cm³/mol. The molecular weight excluding hydrogens is 352 g/mol. The van der Waals surface area contributed by atoms with Gasteiger partial charge in [-0.25, -0.2) is 4.79 Å². The van der Waals surface area contributed by atoms with Gasteiger partial charge in [-0.05, 0) is 30.4 Å². The molecule has 0 radical (unpaired) electrons. The number of hydrogen-bond donors (Lipinski definition) is 3. The average molecular weight is 383 g/mol. The van der Waals surface area contributed by atoms with E-state index in [2.05, 4.69) is 22.8 Å². The maximum atomic E-state index is 12.3. The van der Waals surface area contributed by atoms with Crippen LogP contribution in [0.3, 0.4) is 0 Å². The molecule has 1 aliphatic rings. The lowest BCUT2D eigenvalue weighted by Gasteiger charge is -2.33. The molecule has 0 aliphatic carbocycles. The quantitative estimate of drug-likeness (QED) is 0.703. The molecule has 3 amide bonds. The minimum atomic E-state index is -0.419. The van der Waals surface area contributed by atoms with Gasteiger partial charge in [0.2, 0.25) is 5.91 Å². The summed E-state index contributed by atoms with van der Waals surface area (Å²) in [5.74, 6) is 0.149. The number of hydrogen-bond acceptors (Lipinski definition) is 3. The van der Waals surface area contributed by atoms with Crippen LogP contribution >= 0.6 is 12.4 Å². The molecule has 4 N–H and O–H groups in total. The molecule has 1 heterocycles. The van der Waals surface area contributed by atoms with E-state index in [4.69, 9.17) is 5.73 Å². The molecule has 1 unspecified atom stereocenters. The number of carbonyl (C=O) groups excluding carboxylic acids is 2. The van der Waals surface area contributed by atoms with Gasteiger partial charge in [0.25, 0.3) is 0 Å². The van der Waals surface area contributed by atoms with Crippen LogP contribution in [-0.4, -0.2) is 42.0 Å². The van der Waals surface area contributed by atoms with Gasteiger partial charge >= 0.3 is 6.03 Å². The van der Waals surface area contributed by atoms with Crippen LogP contribution in [0, 0.1) is 5.92 Å². The first kappa shape index (κ1) is 22.3. The summed E-state index contributed by atoms with van der Waals surface area (Å²) in [6, 6.07) is 8.07. The van der Waals surface area contributed by atoms with Gasteiger partial charge in [-0.2, -0.15) is 0 Å². The van der Waals surface area contributed by atoms with Crippen molar-refractivity contribution < 1.29 is 9.59 Å². The minimum Gasteiger partial charge on any atom is -0.349 e. The Morgan fingerprint density at radius 2 is 1.92 bits per heavy atom. The van der Waals surface area contributed by atoms with E-state index in [1.807, 2.05) is 32.9 Å². The first-order valence-electron chi connectivity index (χ1n) is 8.96. The molecule has 2 rings (SSSR count). The molecule has 6 nitrogen and oxygen atoms in total. The summed E-state index contributed by atoms with van der Waals surface area (Å²) < 4.78 is 0. The number of urea groups is 1. The number of nitrogens with one attached hydrogen (secondary N) is 2. The van der Waals surface area contributed by atoms with Crippen molar-refractivity contribution in [1.82, 2.24) is 15.5 Å². The zero-order chi connectivity index (χ0) is 18.4. The number of benzene rings is 1. The van der Waals surface area contributed by atoms with Crippen LogP contribution in [0.25, 0.3) is 0 Å². The number of rotatable bonds is 6.